The molecule has 0 saturated carbocycles. The van der Waals surface area contributed by atoms with Gasteiger partial charge >= 0.3 is 0 Å². The van der Waals surface area contributed by atoms with E-state index in [0.29, 0.717) is 30.5 Å². The lowest BCUT2D eigenvalue weighted by molar-refractivity contribution is -0.0396. The van der Waals surface area contributed by atoms with Crippen molar-refractivity contribution in [2.24, 2.45) is 0 Å². The third-order valence-corrected chi connectivity index (χ3v) is 7.01. The molecular formula is C23H22ClN3O3. The molecule has 2 fully saturated rings. The van der Waals surface area contributed by atoms with Crippen molar-refractivity contribution in [3.8, 4) is 5.69 Å². The Morgan fingerprint density at radius 1 is 1.13 bits per heavy atom. The van der Waals surface area contributed by atoms with E-state index in [4.69, 9.17) is 20.8 Å². The zero-order valence-electron chi connectivity index (χ0n) is 16.4. The van der Waals surface area contributed by atoms with Gasteiger partial charge in [-0.05, 0) is 55.3 Å². The summed E-state index contributed by atoms with van der Waals surface area (Å²) in [6, 6.07) is 13.7. The number of anilines is 1. The van der Waals surface area contributed by atoms with Crippen LogP contribution in [0.2, 0.25) is 5.02 Å². The number of piperidine rings is 1. The highest BCUT2D eigenvalue weighted by Gasteiger charge is 2.54. The Bertz CT molecular complexity index is 1110. The van der Waals surface area contributed by atoms with Crippen LogP contribution in [0.5, 0.6) is 0 Å². The summed E-state index contributed by atoms with van der Waals surface area (Å²) in [6.07, 6.45) is 6.12. The van der Waals surface area contributed by atoms with Gasteiger partial charge in [0.25, 0.3) is 5.91 Å². The van der Waals surface area contributed by atoms with Gasteiger partial charge in [0.15, 0.2) is 5.76 Å². The Morgan fingerprint density at radius 3 is 2.80 bits per heavy atom. The summed E-state index contributed by atoms with van der Waals surface area (Å²) in [5, 5.41) is 4.47. The van der Waals surface area contributed by atoms with Crippen LogP contribution in [-0.4, -0.2) is 40.7 Å². The van der Waals surface area contributed by atoms with Crippen LogP contribution in [-0.2, 0) is 10.3 Å². The standard InChI is InChI=1S/C23H22ClN3O3/c24-16-5-6-18-17(13-16)25-23(20-4-1-9-27(18)20)14-22(30-15-23)7-10-26(11-8-22)21(28)19-3-2-12-29-19/h1-6,9,12-13,25H,7-8,10-11,14-15H2. The average Bonchev–Trinajstić information content (AvgIpc) is 3.49. The minimum Gasteiger partial charge on any atom is -0.459 e. The molecule has 0 aliphatic carbocycles. The molecule has 6 rings (SSSR count). The zero-order chi connectivity index (χ0) is 20.3. The molecule has 30 heavy (non-hydrogen) atoms. The summed E-state index contributed by atoms with van der Waals surface area (Å²) < 4.78 is 14.0. The van der Waals surface area contributed by atoms with E-state index in [9.17, 15) is 4.79 Å². The minimum atomic E-state index is -0.297. The molecule has 2 aromatic heterocycles. The van der Waals surface area contributed by atoms with Gasteiger partial charge in [0.05, 0.1) is 35.5 Å². The van der Waals surface area contributed by atoms with Crippen LogP contribution in [0.1, 0.15) is 35.5 Å². The van der Waals surface area contributed by atoms with Crippen LogP contribution >= 0.6 is 11.6 Å². The number of hydrogen-bond donors (Lipinski definition) is 1. The number of ether oxygens (including phenoxy) is 1. The smallest absolute Gasteiger partial charge is 0.289 e. The van der Waals surface area contributed by atoms with E-state index >= 15 is 0 Å². The summed E-state index contributed by atoms with van der Waals surface area (Å²) >= 11 is 6.28. The van der Waals surface area contributed by atoms with Crippen molar-refractivity contribution in [1.82, 2.24) is 9.47 Å². The highest BCUT2D eigenvalue weighted by Crippen LogP contribution is 2.50. The molecule has 2 spiro atoms. The largest absolute Gasteiger partial charge is 0.459 e. The monoisotopic (exact) mass is 423 g/mol. The van der Waals surface area contributed by atoms with Crippen LogP contribution in [0.4, 0.5) is 5.69 Å². The third kappa shape index (κ3) is 2.63. The van der Waals surface area contributed by atoms with Crippen molar-refractivity contribution in [3.63, 3.8) is 0 Å². The summed E-state index contributed by atoms with van der Waals surface area (Å²) in [6.45, 7) is 1.92. The van der Waals surface area contributed by atoms with Gasteiger partial charge < -0.3 is 23.9 Å². The second-order valence-electron chi connectivity index (χ2n) is 8.55. The number of hydrogen-bond acceptors (Lipinski definition) is 4. The number of nitrogens with zero attached hydrogens (tertiary/aromatic N) is 2. The van der Waals surface area contributed by atoms with E-state index in [1.54, 1.807) is 12.1 Å². The van der Waals surface area contributed by atoms with E-state index in [-0.39, 0.29) is 17.0 Å². The third-order valence-electron chi connectivity index (χ3n) is 6.77. The Morgan fingerprint density at radius 2 is 2.00 bits per heavy atom. The fourth-order valence-corrected chi connectivity index (χ4v) is 5.46. The van der Waals surface area contributed by atoms with Gasteiger partial charge in [-0.25, -0.2) is 0 Å². The van der Waals surface area contributed by atoms with E-state index in [2.05, 4.69) is 28.2 Å². The number of likely N-dealkylation sites (tertiary alicyclic amines) is 1. The number of carbonyl (C=O) groups is 1. The van der Waals surface area contributed by atoms with E-state index in [1.807, 2.05) is 23.1 Å². The molecule has 1 amide bonds. The van der Waals surface area contributed by atoms with Crippen molar-refractivity contribution in [2.75, 3.05) is 25.0 Å². The molecule has 1 N–H and O–H groups in total. The number of fused-ring (bicyclic) bond motifs is 4. The summed E-state index contributed by atoms with van der Waals surface area (Å²) in [5.74, 6) is 0.353. The molecular weight excluding hydrogens is 402 g/mol. The first-order valence-corrected chi connectivity index (χ1v) is 10.7. The fraction of sp³-hybridized carbons (Fsp3) is 0.348. The highest BCUT2D eigenvalue weighted by atomic mass is 35.5. The normalized spacial score (nSPS) is 24.0. The van der Waals surface area contributed by atoms with Crippen LogP contribution in [0.15, 0.2) is 59.3 Å². The van der Waals surface area contributed by atoms with Gasteiger partial charge in [-0.2, -0.15) is 0 Å². The van der Waals surface area contributed by atoms with Crippen molar-refractivity contribution in [3.05, 3.63) is 71.4 Å². The van der Waals surface area contributed by atoms with Gasteiger partial charge in [-0.15, -0.1) is 0 Å². The minimum absolute atomic E-state index is 0.0456. The molecule has 0 bridgehead atoms. The molecule has 3 aliphatic rings. The molecule has 7 heteroatoms. The maximum Gasteiger partial charge on any atom is 0.289 e. The molecule has 154 valence electrons. The maximum atomic E-state index is 12.6. The topological polar surface area (TPSA) is 59.6 Å². The van der Waals surface area contributed by atoms with E-state index in [1.165, 1.54) is 12.0 Å². The quantitative estimate of drug-likeness (QED) is 0.628. The number of furan rings is 1. The van der Waals surface area contributed by atoms with Crippen LogP contribution in [0.3, 0.4) is 0 Å². The second kappa shape index (κ2) is 6.40. The number of benzene rings is 1. The SMILES string of the molecule is O=C(c1ccco1)N1CCC2(CC1)CC1(CO2)Nc2cc(Cl)ccc2-n2cccc21. The molecule has 5 heterocycles. The first kappa shape index (κ1) is 18.1. The molecule has 0 radical (unpaired) electrons. The van der Waals surface area contributed by atoms with Crippen molar-refractivity contribution < 1.29 is 13.9 Å². The lowest BCUT2D eigenvalue weighted by Gasteiger charge is -2.41. The van der Waals surface area contributed by atoms with Crippen molar-refractivity contribution in [2.45, 2.75) is 30.4 Å². The molecule has 6 nitrogen and oxygen atoms in total. The number of nitrogens with one attached hydrogen (secondary N) is 1. The second-order valence-corrected chi connectivity index (χ2v) is 8.99. The summed E-state index contributed by atoms with van der Waals surface area (Å²) in [7, 11) is 0. The first-order valence-electron chi connectivity index (χ1n) is 10.3. The lowest BCUT2D eigenvalue weighted by Crippen LogP contribution is -2.48. The Hall–Kier alpha value is -2.70. The van der Waals surface area contributed by atoms with Crippen LogP contribution in [0.25, 0.3) is 5.69 Å². The Balaban J connectivity index is 1.26. The van der Waals surface area contributed by atoms with Gasteiger partial charge in [0, 0.05) is 30.7 Å². The van der Waals surface area contributed by atoms with Crippen molar-refractivity contribution in [1.29, 1.82) is 0 Å². The molecule has 2 saturated heterocycles. The summed E-state index contributed by atoms with van der Waals surface area (Å²) in [4.78, 5) is 14.5. The van der Waals surface area contributed by atoms with Crippen LogP contribution < -0.4 is 5.32 Å². The predicted octanol–water partition coefficient (Wildman–Crippen LogP) is 4.44. The average molecular weight is 424 g/mol. The zero-order valence-corrected chi connectivity index (χ0v) is 17.2. The van der Waals surface area contributed by atoms with Gasteiger partial charge in [-0.1, -0.05) is 11.6 Å². The first-order chi connectivity index (χ1) is 14.6. The molecule has 1 unspecified atom stereocenters. The van der Waals surface area contributed by atoms with Gasteiger partial charge in [-0.3, -0.25) is 4.79 Å². The number of aromatic nitrogens is 1. The predicted molar refractivity (Wildman–Crippen MR) is 113 cm³/mol. The van der Waals surface area contributed by atoms with E-state index < -0.39 is 0 Å². The number of rotatable bonds is 1. The van der Waals surface area contributed by atoms with Gasteiger partial charge in [0.2, 0.25) is 0 Å². The van der Waals surface area contributed by atoms with Crippen molar-refractivity contribution >= 4 is 23.2 Å². The molecule has 3 aliphatic heterocycles. The maximum absolute atomic E-state index is 12.6. The Kier molecular flexibility index (Phi) is 3.86. The number of halogens is 1. The summed E-state index contributed by atoms with van der Waals surface area (Å²) in [5.41, 5.74) is 2.80. The fourth-order valence-electron chi connectivity index (χ4n) is 5.29. The number of carbonyl (C=O) groups excluding carboxylic acids is 1. The van der Waals surface area contributed by atoms with Gasteiger partial charge in [0.1, 0.15) is 5.54 Å². The van der Waals surface area contributed by atoms with Crippen LogP contribution in [0, 0.1) is 0 Å². The lowest BCUT2D eigenvalue weighted by atomic mass is 9.79. The Labute approximate surface area is 179 Å². The van der Waals surface area contributed by atoms with E-state index in [0.717, 1.165) is 30.6 Å². The number of amides is 1. The molecule has 1 aromatic carbocycles. The molecule has 1 atom stereocenters. The molecule has 3 aromatic rings. The highest BCUT2D eigenvalue weighted by molar-refractivity contribution is 6.31.